The summed E-state index contributed by atoms with van der Waals surface area (Å²) in [5, 5.41) is 13.6. The van der Waals surface area contributed by atoms with Crippen LogP contribution in [0.15, 0.2) is 17.5 Å². The van der Waals surface area contributed by atoms with Crippen LogP contribution in [0.1, 0.15) is 17.8 Å². The Labute approximate surface area is 86.7 Å². The molecule has 0 aliphatic heterocycles. The molecule has 2 atom stereocenters. The zero-order chi connectivity index (χ0) is 10.6. The van der Waals surface area contributed by atoms with Gasteiger partial charge in [0.15, 0.2) is 0 Å². The maximum Gasteiger partial charge on any atom is 0.321 e. The molecule has 0 saturated heterocycles. The maximum absolute atomic E-state index is 10.4. The number of hydrogen-bond acceptors (Lipinski definition) is 4. The minimum absolute atomic E-state index is 0.153. The van der Waals surface area contributed by atoms with E-state index in [4.69, 9.17) is 10.8 Å². The fourth-order valence-electron chi connectivity index (χ4n) is 1.03. The van der Waals surface area contributed by atoms with Crippen molar-refractivity contribution in [2.75, 3.05) is 6.54 Å². The van der Waals surface area contributed by atoms with Gasteiger partial charge in [0.25, 0.3) is 0 Å². The van der Waals surface area contributed by atoms with Crippen molar-refractivity contribution in [1.82, 2.24) is 5.32 Å². The highest BCUT2D eigenvalue weighted by molar-refractivity contribution is 7.10. The van der Waals surface area contributed by atoms with E-state index >= 15 is 0 Å². The number of carboxylic acid groups (broad SMARTS) is 1. The number of rotatable bonds is 5. The molecule has 4 N–H and O–H groups in total. The zero-order valence-electron chi connectivity index (χ0n) is 7.93. The Morgan fingerprint density at radius 1 is 1.79 bits per heavy atom. The predicted molar refractivity (Wildman–Crippen MR) is 56.3 cm³/mol. The lowest BCUT2D eigenvalue weighted by Crippen LogP contribution is -2.40. The van der Waals surface area contributed by atoms with E-state index in [9.17, 15) is 4.79 Å². The molecule has 0 aromatic carbocycles. The summed E-state index contributed by atoms with van der Waals surface area (Å²) in [5.41, 5.74) is 5.36. The lowest BCUT2D eigenvalue weighted by molar-refractivity contribution is -0.138. The molecule has 0 spiro atoms. The maximum atomic E-state index is 10.4. The summed E-state index contributed by atoms with van der Waals surface area (Å²) in [6.45, 7) is 2.27. The highest BCUT2D eigenvalue weighted by Gasteiger charge is 2.13. The summed E-state index contributed by atoms with van der Waals surface area (Å²) in [6.07, 6.45) is 0. The van der Waals surface area contributed by atoms with E-state index < -0.39 is 12.0 Å². The highest BCUT2D eigenvalue weighted by atomic mass is 32.1. The van der Waals surface area contributed by atoms with Crippen molar-refractivity contribution in [2.24, 2.45) is 5.73 Å². The fourth-order valence-corrected chi connectivity index (χ4v) is 1.79. The van der Waals surface area contributed by atoms with Gasteiger partial charge in [-0.25, -0.2) is 0 Å². The van der Waals surface area contributed by atoms with E-state index in [1.807, 2.05) is 24.4 Å². The van der Waals surface area contributed by atoms with Gasteiger partial charge in [0.1, 0.15) is 6.04 Å². The monoisotopic (exact) mass is 214 g/mol. The van der Waals surface area contributed by atoms with Crippen molar-refractivity contribution in [2.45, 2.75) is 19.0 Å². The topological polar surface area (TPSA) is 75.3 Å². The third-order valence-corrected chi connectivity index (χ3v) is 2.99. The lowest BCUT2D eigenvalue weighted by Gasteiger charge is -2.13. The Morgan fingerprint density at radius 2 is 2.50 bits per heavy atom. The van der Waals surface area contributed by atoms with Crippen LogP contribution in [0.2, 0.25) is 0 Å². The largest absolute Gasteiger partial charge is 0.480 e. The SMILES string of the molecule is C[C@@H](NCC(N)C(=O)O)c1cccs1. The Morgan fingerprint density at radius 3 is 3.00 bits per heavy atom. The van der Waals surface area contributed by atoms with Gasteiger partial charge in [-0.15, -0.1) is 11.3 Å². The van der Waals surface area contributed by atoms with Crippen molar-refractivity contribution in [3.05, 3.63) is 22.4 Å². The first-order chi connectivity index (χ1) is 6.61. The van der Waals surface area contributed by atoms with E-state index in [2.05, 4.69) is 5.32 Å². The lowest BCUT2D eigenvalue weighted by atomic mass is 10.2. The fraction of sp³-hybridized carbons (Fsp3) is 0.444. The predicted octanol–water partition coefficient (Wildman–Crippen LogP) is 0.811. The number of carbonyl (C=O) groups is 1. The molecule has 1 aromatic heterocycles. The second kappa shape index (κ2) is 5.09. The summed E-state index contributed by atoms with van der Waals surface area (Å²) in [5.74, 6) is -0.976. The van der Waals surface area contributed by atoms with Crippen LogP contribution in [-0.4, -0.2) is 23.7 Å². The summed E-state index contributed by atoms with van der Waals surface area (Å²) < 4.78 is 0. The van der Waals surface area contributed by atoms with Crippen molar-refractivity contribution >= 4 is 17.3 Å². The van der Waals surface area contributed by atoms with Crippen LogP contribution in [0.4, 0.5) is 0 Å². The van der Waals surface area contributed by atoms with Crippen LogP contribution in [0.25, 0.3) is 0 Å². The minimum Gasteiger partial charge on any atom is -0.480 e. The van der Waals surface area contributed by atoms with Gasteiger partial charge in [0.05, 0.1) is 0 Å². The molecule has 0 radical (unpaired) electrons. The van der Waals surface area contributed by atoms with Crippen molar-refractivity contribution in [1.29, 1.82) is 0 Å². The molecular weight excluding hydrogens is 200 g/mol. The van der Waals surface area contributed by atoms with Crippen molar-refractivity contribution in [3.63, 3.8) is 0 Å². The quantitative estimate of drug-likeness (QED) is 0.678. The Balaban J connectivity index is 2.35. The van der Waals surface area contributed by atoms with Gasteiger partial charge in [0, 0.05) is 17.5 Å². The first kappa shape index (κ1) is 11.2. The Kier molecular flexibility index (Phi) is 4.06. The molecule has 14 heavy (non-hydrogen) atoms. The molecule has 5 heteroatoms. The second-order valence-electron chi connectivity index (χ2n) is 3.09. The van der Waals surface area contributed by atoms with Crippen LogP contribution >= 0.6 is 11.3 Å². The van der Waals surface area contributed by atoms with Gasteiger partial charge in [-0.2, -0.15) is 0 Å². The van der Waals surface area contributed by atoms with Crippen LogP contribution in [0.5, 0.6) is 0 Å². The van der Waals surface area contributed by atoms with E-state index in [-0.39, 0.29) is 12.6 Å². The van der Waals surface area contributed by atoms with Gasteiger partial charge in [0.2, 0.25) is 0 Å². The van der Waals surface area contributed by atoms with Gasteiger partial charge in [-0.3, -0.25) is 4.79 Å². The van der Waals surface area contributed by atoms with Gasteiger partial charge >= 0.3 is 5.97 Å². The van der Waals surface area contributed by atoms with E-state index in [1.165, 1.54) is 4.88 Å². The van der Waals surface area contributed by atoms with Crippen LogP contribution in [-0.2, 0) is 4.79 Å². The number of nitrogens with two attached hydrogens (primary N) is 1. The minimum atomic E-state index is -0.976. The molecular formula is C9H14N2O2S. The smallest absolute Gasteiger partial charge is 0.321 e. The molecule has 1 aromatic rings. The van der Waals surface area contributed by atoms with Gasteiger partial charge < -0.3 is 16.2 Å². The Hall–Kier alpha value is -0.910. The third-order valence-electron chi connectivity index (χ3n) is 1.93. The number of nitrogens with one attached hydrogen (secondary N) is 1. The molecule has 0 amide bonds. The second-order valence-corrected chi connectivity index (χ2v) is 4.07. The molecule has 1 rings (SSSR count). The van der Waals surface area contributed by atoms with E-state index in [0.29, 0.717) is 0 Å². The average Bonchev–Trinajstić information content (AvgIpc) is 2.66. The van der Waals surface area contributed by atoms with Crippen molar-refractivity contribution < 1.29 is 9.90 Å². The number of carboxylic acids is 1. The van der Waals surface area contributed by atoms with Gasteiger partial charge in [-0.05, 0) is 18.4 Å². The standard InChI is InChI=1S/C9H14N2O2S/c1-6(8-3-2-4-14-8)11-5-7(10)9(12)13/h2-4,6-7,11H,5,10H2,1H3,(H,12,13)/t6-,7?/m1/s1. The zero-order valence-corrected chi connectivity index (χ0v) is 8.75. The van der Waals surface area contributed by atoms with Gasteiger partial charge in [-0.1, -0.05) is 6.07 Å². The molecule has 0 aliphatic rings. The third kappa shape index (κ3) is 3.10. The number of thiophene rings is 1. The number of hydrogen-bond donors (Lipinski definition) is 3. The van der Waals surface area contributed by atoms with Crippen LogP contribution < -0.4 is 11.1 Å². The molecule has 1 heterocycles. The highest BCUT2D eigenvalue weighted by Crippen LogP contribution is 2.17. The molecule has 0 bridgehead atoms. The number of aliphatic carboxylic acids is 1. The molecule has 1 unspecified atom stereocenters. The molecule has 0 aliphatic carbocycles. The molecule has 0 saturated carbocycles. The molecule has 4 nitrogen and oxygen atoms in total. The Bertz CT molecular complexity index is 287. The molecule has 0 fully saturated rings. The summed E-state index contributed by atoms with van der Waals surface area (Å²) in [6, 6.07) is 3.29. The first-order valence-corrected chi connectivity index (χ1v) is 5.24. The summed E-state index contributed by atoms with van der Waals surface area (Å²) in [4.78, 5) is 11.6. The van der Waals surface area contributed by atoms with Crippen LogP contribution in [0.3, 0.4) is 0 Å². The average molecular weight is 214 g/mol. The van der Waals surface area contributed by atoms with E-state index in [0.717, 1.165) is 0 Å². The summed E-state index contributed by atoms with van der Waals surface area (Å²) in [7, 11) is 0. The molecule has 78 valence electrons. The van der Waals surface area contributed by atoms with Crippen LogP contribution in [0, 0.1) is 0 Å². The summed E-state index contributed by atoms with van der Waals surface area (Å²) >= 11 is 1.64. The van der Waals surface area contributed by atoms with Crippen molar-refractivity contribution in [3.8, 4) is 0 Å². The first-order valence-electron chi connectivity index (χ1n) is 4.36. The van der Waals surface area contributed by atoms with E-state index in [1.54, 1.807) is 11.3 Å². The normalized spacial score (nSPS) is 15.0.